The van der Waals surface area contributed by atoms with Crippen LogP contribution in [-0.2, 0) is 14.4 Å². The van der Waals surface area contributed by atoms with Gasteiger partial charge in [0.1, 0.15) is 0 Å². The molecule has 0 atom stereocenters. The lowest BCUT2D eigenvalue weighted by molar-refractivity contribution is -0.114. The molecule has 0 saturated heterocycles. The maximum atomic E-state index is 12.9. The van der Waals surface area contributed by atoms with E-state index in [4.69, 9.17) is 0 Å². The highest BCUT2D eigenvalue weighted by atomic mass is 16.1. The predicted molar refractivity (Wildman–Crippen MR) is 123 cm³/mol. The molecule has 0 spiro atoms. The van der Waals surface area contributed by atoms with Crippen LogP contribution in [0.1, 0.15) is 47.1 Å². The first-order valence-corrected chi connectivity index (χ1v) is 10.1. The highest BCUT2D eigenvalue weighted by Crippen LogP contribution is 2.39. The first-order chi connectivity index (χ1) is 13.9. The van der Waals surface area contributed by atoms with Gasteiger partial charge < -0.3 is 0 Å². The lowest BCUT2D eigenvalue weighted by atomic mass is 9.72. The molecule has 0 bridgehead atoms. The van der Waals surface area contributed by atoms with Crippen LogP contribution in [0, 0.1) is 10.8 Å². The average molecular weight is 403 g/mol. The van der Waals surface area contributed by atoms with Crippen LogP contribution < -0.4 is 0 Å². The number of carbonyl (C=O) groups is 3. The van der Waals surface area contributed by atoms with E-state index in [0.29, 0.717) is 0 Å². The fourth-order valence-corrected chi connectivity index (χ4v) is 3.03. The van der Waals surface area contributed by atoms with Crippen LogP contribution in [0.2, 0.25) is 0 Å². The fourth-order valence-electron chi connectivity index (χ4n) is 3.03. The monoisotopic (exact) mass is 402 g/mol. The minimum atomic E-state index is -0.155. The maximum absolute atomic E-state index is 12.9. The van der Waals surface area contributed by atoms with Gasteiger partial charge >= 0.3 is 0 Å². The molecule has 1 aromatic rings. The molecule has 2 aliphatic carbocycles. The molecule has 0 fully saturated rings. The van der Waals surface area contributed by atoms with Crippen molar-refractivity contribution in [1.82, 2.24) is 0 Å². The Hall–Kier alpha value is -3.07. The summed E-state index contributed by atoms with van der Waals surface area (Å²) in [4.78, 5) is 33.4. The zero-order valence-corrected chi connectivity index (χ0v) is 18.7. The van der Waals surface area contributed by atoms with Gasteiger partial charge in [-0.25, -0.2) is 0 Å². The van der Waals surface area contributed by atoms with Crippen LogP contribution >= 0.6 is 0 Å². The van der Waals surface area contributed by atoms with Gasteiger partial charge in [0, 0.05) is 11.1 Å². The second-order valence-corrected chi connectivity index (χ2v) is 9.47. The lowest BCUT2D eigenvalue weighted by Gasteiger charge is -2.31. The predicted octanol–water partition coefficient (Wildman–Crippen LogP) is 5.85. The van der Waals surface area contributed by atoms with E-state index in [0.717, 1.165) is 22.3 Å². The molecule has 0 aliphatic heterocycles. The van der Waals surface area contributed by atoms with Gasteiger partial charge in [-0.05, 0) is 64.5 Å². The highest BCUT2D eigenvalue weighted by Gasteiger charge is 2.33. The van der Waals surface area contributed by atoms with E-state index in [2.05, 4.69) is 59.8 Å². The van der Waals surface area contributed by atoms with Crippen LogP contribution in [-0.4, -0.2) is 17.3 Å². The van der Waals surface area contributed by atoms with Gasteiger partial charge in [-0.15, -0.1) is 0 Å². The largest absolute Gasteiger partial charge is 0.290 e. The summed E-state index contributed by atoms with van der Waals surface area (Å²) in [5.41, 5.74) is 3.72. The topological polar surface area (TPSA) is 51.2 Å². The zero-order chi connectivity index (χ0) is 22.5. The van der Waals surface area contributed by atoms with Crippen molar-refractivity contribution in [3.05, 3.63) is 89.1 Å². The standard InChI is InChI=1S/C21H26O.C6H4O2/c1-20(2,3)17-13-16(12-15-10-8-7-9-11-15)14-18(19(17)22)21(4,5)6;7-5-1-2-6(8)4-3-5/h7-14H,1-6H3;1-4H. The minimum Gasteiger partial charge on any atom is -0.290 e. The number of carbonyl (C=O) groups excluding carboxylic acids is 3. The minimum absolute atomic E-state index is 0.121. The zero-order valence-electron chi connectivity index (χ0n) is 18.7. The Morgan fingerprint density at radius 2 is 1.03 bits per heavy atom. The van der Waals surface area contributed by atoms with E-state index in [1.54, 1.807) is 0 Å². The summed E-state index contributed by atoms with van der Waals surface area (Å²) in [5, 5.41) is 0. The van der Waals surface area contributed by atoms with Gasteiger partial charge in [0.25, 0.3) is 0 Å². The van der Waals surface area contributed by atoms with Crippen molar-refractivity contribution in [2.75, 3.05) is 0 Å². The van der Waals surface area contributed by atoms with E-state index < -0.39 is 0 Å². The Kier molecular flexibility index (Phi) is 7.09. The molecule has 0 amide bonds. The summed E-state index contributed by atoms with van der Waals surface area (Å²) in [6, 6.07) is 10.2. The smallest absolute Gasteiger partial charge is 0.186 e. The van der Waals surface area contributed by atoms with E-state index in [1.165, 1.54) is 24.3 Å². The van der Waals surface area contributed by atoms with E-state index in [1.807, 2.05) is 30.4 Å². The SMILES string of the molecule is CC(C)(C)C1=CC(=Cc2ccccc2)C=C(C(C)(C)C)C1=O.O=C1C=CC(=O)C=C1. The Morgan fingerprint density at radius 3 is 1.40 bits per heavy atom. The number of Topliss-reactive ketones (excluding diaryl/α,β-unsaturated/α-hetero) is 1. The molecule has 3 heteroatoms. The Bertz CT molecular complexity index is 909. The third-order valence-electron chi connectivity index (χ3n) is 4.68. The van der Waals surface area contributed by atoms with Crippen LogP contribution in [0.3, 0.4) is 0 Å². The molecule has 0 N–H and O–H groups in total. The first-order valence-electron chi connectivity index (χ1n) is 10.1. The van der Waals surface area contributed by atoms with Crippen molar-refractivity contribution >= 4 is 23.4 Å². The molecule has 2 aliphatic rings. The second-order valence-electron chi connectivity index (χ2n) is 9.47. The summed E-state index contributed by atoms with van der Waals surface area (Å²) < 4.78 is 0. The molecule has 0 heterocycles. The number of hydrogen-bond donors (Lipinski definition) is 0. The number of ketones is 3. The molecule has 0 unspecified atom stereocenters. The molecule has 0 saturated carbocycles. The van der Waals surface area contributed by atoms with Crippen LogP contribution in [0.15, 0.2) is 83.5 Å². The van der Waals surface area contributed by atoms with E-state index >= 15 is 0 Å². The Morgan fingerprint density at radius 1 is 0.633 bits per heavy atom. The van der Waals surface area contributed by atoms with Crippen molar-refractivity contribution in [3.63, 3.8) is 0 Å². The summed E-state index contributed by atoms with van der Waals surface area (Å²) in [6.07, 6.45) is 11.2. The van der Waals surface area contributed by atoms with Gasteiger partial charge in [-0.3, -0.25) is 14.4 Å². The molecule has 156 valence electrons. The van der Waals surface area contributed by atoms with Gasteiger partial charge in [-0.2, -0.15) is 0 Å². The van der Waals surface area contributed by atoms with Gasteiger partial charge in [0.15, 0.2) is 17.3 Å². The summed E-state index contributed by atoms with van der Waals surface area (Å²) in [5.74, 6) is -0.0561. The third kappa shape index (κ3) is 6.48. The summed E-state index contributed by atoms with van der Waals surface area (Å²) in [6.45, 7) is 12.6. The quantitative estimate of drug-likeness (QED) is 0.554. The molecule has 0 radical (unpaired) electrons. The lowest BCUT2D eigenvalue weighted by Crippen LogP contribution is -2.27. The van der Waals surface area contributed by atoms with Crippen molar-refractivity contribution in [2.45, 2.75) is 41.5 Å². The van der Waals surface area contributed by atoms with Gasteiger partial charge in [-0.1, -0.05) is 71.9 Å². The molecule has 3 nitrogen and oxygen atoms in total. The normalized spacial score (nSPS) is 16.6. The van der Waals surface area contributed by atoms with Crippen molar-refractivity contribution in [2.24, 2.45) is 10.8 Å². The second kappa shape index (κ2) is 9.17. The summed E-state index contributed by atoms with van der Waals surface area (Å²) >= 11 is 0. The molecular weight excluding hydrogens is 372 g/mol. The first kappa shape index (κ1) is 23.2. The third-order valence-corrected chi connectivity index (χ3v) is 4.68. The number of allylic oxidation sites excluding steroid dienone is 9. The highest BCUT2D eigenvalue weighted by molar-refractivity contribution is 6.14. The fraction of sp³-hybridized carbons (Fsp3) is 0.296. The van der Waals surface area contributed by atoms with Crippen molar-refractivity contribution < 1.29 is 14.4 Å². The number of benzene rings is 1. The molecule has 0 aromatic heterocycles. The van der Waals surface area contributed by atoms with Crippen LogP contribution in [0.4, 0.5) is 0 Å². The van der Waals surface area contributed by atoms with Crippen LogP contribution in [0.5, 0.6) is 0 Å². The van der Waals surface area contributed by atoms with E-state index in [9.17, 15) is 14.4 Å². The maximum Gasteiger partial charge on any atom is 0.186 e. The Balaban J connectivity index is 0.000000335. The van der Waals surface area contributed by atoms with Crippen molar-refractivity contribution in [1.29, 1.82) is 0 Å². The molecule has 3 rings (SSSR count). The van der Waals surface area contributed by atoms with Gasteiger partial charge in [0.05, 0.1) is 0 Å². The van der Waals surface area contributed by atoms with Crippen molar-refractivity contribution in [3.8, 4) is 0 Å². The molecular formula is C27H30O3. The number of rotatable bonds is 1. The van der Waals surface area contributed by atoms with E-state index in [-0.39, 0.29) is 28.2 Å². The summed E-state index contributed by atoms with van der Waals surface area (Å²) in [7, 11) is 0. The van der Waals surface area contributed by atoms with Crippen LogP contribution in [0.25, 0.3) is 6.08 Å². The number of hydrogen-bond acceptors (Lipinski definition) is 3. The molecule has 30 heavy (non-hydrogen) atoms. The Labute approximate surface area is 179 Å². The molecule has 1 aromatic carbocycles. The van der Waals surface area contributed by atoms with Gasteiger partial charge in [0.2, 0.25) is 0 Å². The average Bonchev–Trinajstić information content (AvgIpc) is 2.65.